The molecule has 0 spiro atoms. The summed E-state index contributed by atoms with van der Waals surface area (Å²) in [5.41, 5.74) is 0.929. The van der Waals surface area contributed by atoms with Crippen LogP contribution in [-0.4, -0.2) is 14.5 Å². The van der Waals surface area contributed by atoms with Gasteiger partial charge in [0.1, 0.15) is 0 Å². The lowest BCUT2D eigenvalue weighted by Crippen LogP contribution is -2.27. The molecule has 1 aromatic carbocycles. The molecule has 0 bridgehead atoms. The van der Waals surface area contributed by atoms with Crippen molar-refractivity contribution >= 4 is 26.0 Å². The van der Waals surface area contributed by atoms with E-state index in [0.29, 0.717) is 10.8 Å². The zero-order valence-electron chi connectivity index (χ0n) is 10.6. The minimum absolute atomic E-state index is 0.138. The molecule has 5 heteroatoms. The monoisotopic (exact) mass is 331 g/mol. The minimum atomic E-state index is -3.36. The molecule has 0 aromatic heterocycles. The zero-order valence-corrected chi connectivity index (χ0v) is 13.0. The van der Waals surface area contributed by atoms with Gasteiger partial charge in [0.25, 0.3) is 0 Å². The smallest absolute Gasteiger partial charge is 0.208 e. The molecule has 18 heavy (non-hydrogen) atoms. The van der Waals surface area contributed by atoms with Crippen LogP contribution in [0.5, 0.6) is 0 Å². The van der Waals surface area contributed by atoms with E-state index in [1.165, 1.54) is 0 Å². The summed E-state index contributed by atoms with van der Waals surface area (Å²) < 4.78 is 28.1. The Labute approximate surface area is 117 Å². The van der Waals surface area contributed by atoms with Gasteiger partial charge in [0.15, 0.2) is 0 Å². The summed E-state index contributed by atoms with van der Waals surface area (Å²) in [6.07, 6.45) is 3.19. The van der Waals surface area contributed by atoms with Crippen LogP contribution in [-0.2, 0) is 10.0 Å². The summed E-state index contributed by atoms with van der Waals surface area (Å²) in [6, 6.07) is 5.25. The SMILES string of the molecule is CCCC1CC1NS(=O)(=O)c1ccc(Br)c(C)c1. The predicted octanol–water partition coefficient (Wildman–Crippen LogP) is 3.22. The Morgan fingerprint density at radius 1 is 1.44 bits per heavy atom. The normalized spacial score (nSPS) is 23.1. The largest absolute Gasteiger partial charge is 0.240 e. The third kappa shape index (κ3) is 3.13. The number of benzene rings is 1. The topological polar surface area (TPSA) is 46.2 Å². The first-order chi connectivity index (χ1) is 8.44. The Hall–Kier alpha value is -0.390. The predicted molar refractivity (Wildman–Crippen MR) is 76.0 cm³/mol. The van der Waals surface area contributed by atoms with E-state index in [4.69, 9.17) is 0 Å². The van der Waals surface area contributed by atoms with E-state index in [2.05, 4.69) is 27.6 Å². The standard InChI is InChI=1S/C13H18BrNO2S/c1-3-4-10-8-13(10)15-18(16,17)11-5-6-12(14)9(2)7-11/h5-7,10,13,15H,3-4,8H2,1-2H3. The summed E-state index contributed by atoms with van der Waals surface area (Å²) in [6.45, 7) is 4.02. The van der Waals surface area contributed by atoms with Crippen molar-refractivity contribution in [1.82, 2.24) is 4.72 Å². The molecule has 0 amide bonds. The van der Waals surface area contributed by atoms with Crippen molar-refractivity contribution < 1.29 is 8.42 Å². The molecule has 1 N–H and O–H groups in total. The van der Waals surface area contributed by atoms with Crippen molar-refractivity contribution in [3.05, 3.63) is 28.2 Å². The molecule has 1 aliphatic rings. The molecule has 1 fully saturated rings. The average molecular weight is 332 g/mol. The van der Waals surface area contributed by atoms with Crippen molar-refractivity contribution in [2.24, 2.45) is 5.92 Å². The number of hydrogen-bond acceptors (Lipinski definition) is 2. The number of hydrogen-bond donors (Lipinski definition) is 1. The molecule has 0 heterocycles. The van der Waals surface area contributed by atoms with Gasteiger partial charge in [-0.15, -0.1) is 0 Å². The van der Waals surface area contributed by atoms with E-state index in [0.717, 1.165) is 29.3 Å². The van der Waals surface area contributed by atoms with Crippen LogP contribution in [0.1, 0.15) is 31.7 Å². The third-order valence-electron chi connectivity index (χ3n) is 3.33. The summed E-state index contributed by atoms with van der Waals surface area (Å²) in [5, 5.41) is 0. The van der Waals surface area contributed by atoms with Crippen molar-refractivity contribution in [2.75, 3.05) is 0 Å². The van der Waals surface area contributed by atoms with Gasteiger partial charge in [0.05, 0.1) is 4.90 Å². The summed E-state index contributed by atoms with van der Waals surface area (Å²) in [5.74, 6) is 0.529. The number of rotatable bonds is 5. The second-order valence-corrected chi connectivity index (χ2v) is 7.49. The van der Waals surface area contributed by atoms with Crippen molar-refractivity contribution in [3.63, 3.8) is 0 Å². The molecule has 0 radical (unpaired) electrons. The van der Waals surface area contributed by atoms with Crippen LogP contribution in [0.3, 0.4) is 0 Å². The lowest BCUT2D eigenvalue weighted by atomic mass is 10.2. The van der Waals surface area contributed by atoms with Gasteiger partial charge in [-0.05, 0) is 49.4 Å². The maximum Gasteiger partial charge on any atom is 0.240 e. The van der Waals surface area contributed by atoms with Gasteiger partial charge in [-0.25, -0.2) is 13.1 Å². The third-order valence-corrected chi connectivity index (χ3v) is 5.71. The average Bonchev–Trinajstić information content (AvgIpc) is 3.00. The van der Waals surface area contributed by atoms with Gasteiger partial charge < -0.3 is 0 Å². The van der Waals surface area contributed by atoms with Gasteiger partial charge in [-0.2, -0.15) is 0 Å². The Morgan fingerprint density at radius 3 is 2.78 bits per heavy atom. The molecule has 0 aliphatic heterocycles. The molecule has 2 unspecified atom stereocenters. The summed E-state index contributed by atoms with van der Waals surface area (Å²) in [7, 11) is -3.36. The Morgan fingerprint density at radius 2 is 2.17 bits per heavy atom. The zero-order chi connectivity index (χ0) is 13.3. The van der Waals surface area contributed by atoms with Gasteiger partial charge in [-0.1, -0.05) is 29.3 Å². The van der Waals surface area contributed by atoms with E-state index in [1.807, 2.05) is 6.92 Å². The summed E-state index contributed by atoms with van der Waals surface area (Å²) in [4.78, 5) is 0.352. The van der Waals surface area contributed by atoms with E-state index >= 15 is 0 Å². The van der Waals surface area contributed by atoms with Crippen molar-refractivity contribution in [2.45, 2.75) is 44.0 Å². The molecule has 3 nitrogen and oxygen atoms in total. The highest BCUT2D eigenvalue weighted by atomic mass is 79.9. The van der Waals surface area contributed by atoms with Crippen LogP contribution in [0.25, 0.3) is 0 Å². The van der Waals surface area contributed by atoms with E-state index < -0.39 is 10.0 Å². The second kappa shape index (κ2) is 5.31. The molecule has 1 aromatic rings. The van der Waals surface area contributed by atoms with E-state index in [9.17, 15) is 8.42 Å². The molecule has 1 saturated carbocycles. The van der Waals surface area contributed by atoms with Gasteiger partial charge in [0, 0.05) is 10.5 Å². The van der Waals surface area contributed by atoms with Crippen LogP contribution in [0, 0.1) is 12.8 Å². The van der Waals surface area contributed by atoms with E-state index in [1.54, 1.807) is 18.2 Å². The van der Waals surface area contributed by atoms with Gasteiger partial charge in [-0.3, -0.25) is 0 Å². The molecule has 0 saturated heterocycles. The Balaban J connectivity index is 2.09. The first kappa shape index (κ1) is 14.0. The maximum absolute atomic E-state index is 12.2. The molecular weight excluding hydrogens is 314 g/mol. The van der Waals surface area contributed by atoms with Crippen LogP contribution in [0.4, 0.5) is 0 Å². The quantitative estimate of drug-likeness (QED) is 0.900. The lowest BCUT2D eigenvalue weighted by Gasteiger charge is -2.08. The first-order valence-electron chi connectivity index (χ1n) is 6.22. The molecule has 1 aliphatic carbocycles. The number of sulfonamides is 1. The fraction of sp³-hybridized carbons (Fsp3) is 0.538. The Bertz CT molecular complexity index is 542. The molecule has 100 valence electrons. The molecular formula is C13H18BrNO2S. The number of nitrogens with one attached hydrogen (secondary N) is 1. The van der Waals surface area contributed by atoms with Crippen LogP contribution in [0.2, 0.25) is 0 Å². The minimum Gasteiger partial charge on any atom is -0.208 e. The summed E-state index contributed by atoms with van der Waals surface area (Å²) >= 11 is 3.37. The fourth-order valence-electron chi connectivity index (χ4n) is 2.13. The highest BCUT2D eigenvalue weighted by Crippen LogP contribution is 2.35. The van der Waals surface area contributed by atoms with E-state index in [-0.39, 0.29) is 6.04 Å². The molecule has 2 atom stereocenters. The maximum atomic E-state index is 12.2. The van der Waals surface area contributed by atoms with Crippen LogP contribution < -0.4 is 4.72 Å². The van der Waals surface area contributed by atoms with Gasteiger partial charge >= 0.3 is 0 Å². The fourth-order valence-corrected chi connectivity index (χ4v) is 3.78. The Kier molecular flexibility index (Phi) is 4.14. The lowest BCUT2D eigenvalue weighted by molar-refractivity contribution is 0.573. The van der Waals surface area contributed by atoms with Gasteiger partial charge in [0.2, 0.25) is 10.0 Å². The van der Waals surface area contributed by atoms with Crippen molar-refractivity contribution in [1.29, 1.82) is 0 Å². The van der Waals surface area contributed by atoms with Crippen LogP contribution in [0.15, 0.2) is 27.6 Å². The highest BCUT2D eigenvalue weighted by Gasteiger charge is 2.39. The van der Waals surface area contributed by atoms with Crippen LogP contribution >= 0.6 is 15.9 Å². The molecule has 2 rings (SSSR count). The number of aryl methyl sites for hydroxylation is 1. The van der Waals surface area contributed by atoms with Crippen molar-refractivity contribution in [3.8, 4) is 0 Å². The highest BCUT2D eigenvalue weighted by molar-refractivity contribution is 9.10. The first-order valence-corrected chi connectivity index (χ1v) is 8.50. The second-order valence-electron chi connectivity index (χ2n) is 4.92. The number of halogens is 1.